The first-order chi connectivity index (χ1) is 16.2. The van der Waals surface area contributed by atoms with Gasteiger partial charge in [0.2, 0.25) is 11.7 Å². The lowest BCUT2D eigenvalue weighted by Crippen LogP contribution is -2.50. The van der Waals surface area contributed by atoms with Crippen molar-refractivity contribution in [3.8, 4) is 11.3 Å². The van der Waals surface area contributed by atoms with Crippen LogP contribution >= 0.6 is 0 Å². The van der Waals surface area contributed by atoms with Crippen LogP contribution < -0.4 is 5.32 Å². The van der Waals surface area contributed by atoms with Crippen molar-refractivity contribution >= 4 is 12.0 Å². The molecule has 0 radical (unpaired) electrons. The van der Waals surface area contributed by atoms with Crippen LogP contribution in [0.15, 0.2) is 24.7 Å². The molecule has 1 saturated heterocycles. The number of halogens is 5. The molecule has 13 heteroatoms. The van der Waals surface area contributed by atoms with Crippen LogP contribution in [-0.2, 0) is 22.3 Å². The Bertz CT molecular complexity index is 1090. The highest BCUT2D eigenvalue weighted by molar-refractivity contribution is 5.86. The molecule has 1 N–H and O–H groups in total. The molecule has 1 aliphatic rings. The van der Waals surface area contributed by atoms with E-state index in [1.807, 2.05) is 0 Å². The molecule has 3 heterocycles. The minimum atomic E-state index is -4.71. The van der Waals surface area contributed by atoms with Crippen LogP contribution in [0.1, 0.15) is 45.5 Å². The Balaban J connectivity index is 1.74. The molecule has 8 nitrogen and oxygen atoms in total. The Hall–Kier alpha value is -3.38. The number of likely N-dealkylation sites (tertiary alicyclic amines) is 1. The van der Waals surface area contributed by atoms with Gasteiger partial charge < -0.3 is 10.1 Å². The Morgan fingerprint density at radius 2 is 1.77 bits per heavy atom. The van der Waals surface area contributed by atoms with E-state index in [9.17, 15) is 31.5 Å². The molecule has 2 amide bonds. The van der Waals surface area contributed by atoms with Crippen molar-refractivity contribution in [1.82, 2.24) is 25.2 Å². The number of pyridine rings is 1. The predicted molar refractivity (Wildman–Crippen MR) is 113 cm³/mol. The first-order valence-electron chi connectivity index (χ1n) is 10.6. The second-order valence-electron chi connectivity index (χ2n) is 9.07. The van der Waals surface area contributed by atoms with Crippen LogP contribution in [0, 0.1) is 5.82 Å². The maximum atomic E-state index is 14.4. The molecule has 190 valence electrons. The van der Waals surface area contributed by atoms with Crippen molar-refractivity contribution < 1.29 is 36.3 Å². The zero-order valence-corrected chi connectivity index (χ0v) is 19.4. The van der Waals surface area contributed by atoms with E-state index in [1.165, 1.54) is 13.0 Å². The molecule has 0 aromatic carbocycles. The summed E-state index contributed by atoms with van der Waals surface area (Å²) in [5, 5.41) is 2.48. The van der Waals surface area contributed by atoms with Gasteiger partial charge in [0.05, 0.1) is 17.9 Å². The minimum absolute atomic E-state index is 0.0325. The number of hydrogen-bond acceptors (Lipinski definition) is 6. The first kappa shape index (κ1) is 26.2. The van der Waals surface area contributed by atoms with Crippen molar-refractivity contribution in [2.75, 3.05) is 0 Å². The zero-order valence-electron chi connectivity index (χ0n) is 19.4. The molecule has 35 heavy (non-hydrogen) atoms. The molecule has 0 aliphatic carbocycles. The van der Waals surface area contributed by atoms with Gasteiger partial charge >= 0.3 is 12.3 Å². The molecule has 2 aromatic rings. The van der Waals surface area contributed by atoms with Crippen LogP contribution in [0.3, 0.4) is 0 Å². The second-order valence-corrected chi connectivity index (χ2v) is 9.07. The zero-order chi connectivity index (χ0) is 26.1. The predicted octanol–water partition coefficient (Wildman–Crippen LogP) is 4.05. The standard InChI is InChI=1S/C22H24F5N5O3/c1-11-14(23)6-17(32(11)20(34)35-21(2,3)4)18(33)29-7-12-5-16(28-10-15(12)24)13-8-30-19(31-9-13)22(25,26)27/h5,8-11,14,17H,6-7H2,1-4H3,(H,29,33)/t11-,14+,17?/m0/s1. The lowest BCUT2D eigenvalue weighted by Gasteiger charge is -2.30. The fourth-order valence-electron chi connectivity index (χ4n) is 3.50. The molecule has 3 atom stereocenters. The quantitative estimate of drug-likeness (QED) is 0.635. The van der Waals surface area contributed by atoms with Crippen LogP contribution in [-0.4, -0.2) is 55.7 Å². The van der Waals surface area contributed by atoms with Gasteiger partial charge in [0.1, 0.15) is 23.6 Å². The molecular formula is C22H24F5N5O3. The highest BCUT2D eigenvalue weighted by atomic mass is 19.4. The summed E-state index contributed by atoms with van der Waals surface area (Å²) < 4.78 is 71.9. The summed E-state index contributed by atoms with van der Waals surface area (Å²) >= 11 is 0. The van der Waals surface area contributed by atoms with Crippen molar-refractivity contribution in [2.45, 2.75) is 70.7 Å². The van der Waals surface area contributed by atoms with Crippen LogP contribution in [0.25, 0.3) is 11.3 Å². The maximum absolute atomic E-state index is 14.4. The molecule has 1 aliphatic heterocycles. The number of carbonyl (C=O) groups is 2. The summed E-state index contributed by atoms with van der Waals surface area (Å²) in [6.07, 6.45) is -4.62. The molecule has 2 aromatic heterocycles. The van der Waals surface area contributed by atoms with E-state index in [1.54, 1.807) is 20.8 Å². The molecular weight excluding hydrogens is 477 g/mol. The Kier molecular flexibility index (Phi) is 7.27. The van der Waals surface area contributed by atoms with E-state index in [4.69, 9.17) is 4.74 Å². The van der Waals surface area contributed by atoms with E-state index in [0.717, 1.165) is 23.5 Å². The molecule has 0 saturated carbocycles. The third-order valence-electron chi connectivity index (χ3n) is 5.24. The molecule has 3 rings (SSSR count). The van der Waals surface area contributed by atoms with Crippen LogP contribution in [0.4, 0.5) is 26.7 Å². The summed E-state index contributed by atoms with van der Waals surface area (Å²) in [6.45, 7) is 6.03. The van der Waals surface area contributed by atoms with Gasteiger partial charge in [0, 0.05) is 36.5 Å². The minimum Gasteiger partial charge on any atom is -0.444 e. The summed E-state index contributed by atoms with van der Waals surface area (Å²) in [6, 6.07) is -0.838. The van der Waals surface area contributed by atoms with Gasteiger partial charge in [-0.2, -0.15) is 13.2 Å². The number of rotatable bonds is 4. The average Bonchev–Trinajstić information content (AvgIpc) is 3.06. The third kappa shape index (κ3) is 6.20. The summed E-state index contributed by atoms with van der Waals surface area (Å²) in [4.78, 5) is 36.7. The van der Waals surface area contributed by atoms with Crippen LogP contribution in [0.2, 0.25) is 0 Å². The summed E-state index contributed by atoms with van der Waals surface area (Å²) in [7, 11) is 0. The lowest BCUT2D eigenvalue weighted by atomic mass is 10.1. The number of carbonyl (C=O) groups excluding carboxylic acids is 2. The van der Waals surface area contributed by atoms with Gasteiger partial charge in [0.15, 0.2) is 0 Å². The molecule has 1 fully saturated rings. The van der Waals surface area contributed by atoms with E-state index in [2.05, 4.69) is 20.3 Å². The van der Waals surface area contributed by atoms with Crippen molar-refractivity contribution in [3.05, 3.63) is 41.9 Å². The monoisotopic (exact) mass is 501 g/mol. The number of alkyl halides is 4. The normalized spacial score (nSPS) is 20.6. The third-order valence-corrected chi connectivity index (χ3v) is 5.24. The Morgan fingerprint density at radius 3 is 2.34 bits per heavy atom. The molecule has 0 bridgehead atoms. The topological polar surface area (TPSA) is 97.3 Å². The van der Waals surface area contributed by atoms with Crippen molar-refractivity contribution in [2.24, 2.45) is 0 Å². The van der Waals surface area contributed by atoms with E-state index in [0.29, 0.717) is 0 Å². The van der Waals surface area contributed by atoms with E-state index in [-0.39, 0.29) is 29.8 Å². The fourth-order valence-corrected chi connectivity index (χ4v) is 3.50. The van der Waals surface area contributed by atoms with Gasteiger partial charge in [-0.1, -0.05) is 0 Å². The fraction of sp³-hybridized carbons (Fsp3) is 0.500. The number of nitrogens with one attached hydrogen (secondary N) is 1. The van der Waals surface area contributed by atoms with Gasteiger partial charge in [-0.15, -0.1) is 0 Å². The number of hydrogen-bond donors (Lipinski definition) is 1. The van der Waals surface area contributed by atoms with E-state index < -0.39 is 53.7 Å². The SMILES string of the molecule is C[C@H]1[C@H](F)CC(C(=O)NCc2cc(-c3cnc(C(F)(F)F)nc3)ncc2F)N1C(=O)OC(C)(C)C. The first-order valence-corrected chi connectivity index (χ1v) is 10.6. The second kappa shape index (κ2) is 9.70. The number of aromatic nitrogens is 3. The van der Waals surface area contributed by atoms with Gasteiger partial charge in [-0.25, -0.2) is 23.5 Å². The summed E-state index contributed by atoms with van der Waals surface area (Å²) in [5.41, 5.74) is -0.704. The number of ether oxygens (including phenoxy) is 1. The highest BCUT2D eigenvalue weighted by Gasteiger charge is 2.46. The van der Waals surface area contributed by atoms with Gasteiger partial charge in [-0.05, 0) is 33.8 Å². The maximum Gasteiger partial charge on any atom is 0.451 e. The van der Waals surface area contributed by atoms with Gasteiger partial charge in [0.25, 0.3) is 0 Å². The average molecular weight is 501 g/mol. The lowest BCUT2D eigenvalue weighted by molar-refractivity contribution is -0.145. The Labute approximate surface area is 197 Å². The van der Waals surface area contributed by atoms with Crippen LogP contribution in [0.5, 0.6) is 0 Å². The number of nitrogens with zero attached hydrogens (tertiary/aromatic N) is 4. The highest BCUT2D eigenvalue weighted by Crippen LogP contribution is 2.30. The number of amides is 2. The van der Waals surface area contributed by atoms with E-state index >= 15 is 0 Å². The molecule has 1 unspecified atom stereocenters. The largest absolute Gasteiger partial charge is 0.451 e. The molecule has 0 spiro atoms. The Morgan fingerprint density at radius 1 is 1.14 bits per heavy atom. The smallest absolute Gasteiger partial charge is 0.444 e. The van der Waals surface area contributed by atoms with Crippen molar-refractivity contribution in [3.63, 3.8) is 0 Å². The summed E-state index contributed by atoms with van der Waals surface area (Å²) in [5.74, 6) is -2.82. The van der Waals surface area contributed by atoms with Crippen molar-refractivity contribution in [1.29, 1.82) is 0 Å². The van der Waals surface area contributed by atoms with Gasteiger partial charge in [-0.3, -0.25) is 14.7 Å².